The fourth-order valence-electron chi connectivity index (χ4n) is 0.885. The maximum Gasteiger partial charge on any atom is 0.343 e. The molecular weight excluding hydrogens is 218 g/mol. The fraction of sp³-hybridized carbons (Fsp3) is 0.667. The second-order valence-corrected chi connectivity index (χ2v) is 3.67. The van der Waals surface area contributed by atoms with Crippen molar-refractivity contribution in [2.24, 2.45) is 0 Å². The molecule has 1 amide bonds. The van der Waals surface area contributed by atoms with Gasteiger partial charge in [0, 0.05) is 7.05 Å². The van der Waals surface area contributed by atoms with Crippen LogP contribution in [0.2, 0.25) is 0 Å². The molecule has 0 aromatic rings. The van der Waals surface area contributed by atoms with Gasteiger partial charge in [-0.1, -0.05) is 0 Å². The van der Waals surface area contributed by atoms with Crippen LogP contribution in [-0.4, -0.2) is 63.2 Å². The van der Waals surface area contributed by atoms with Crippen molar-refractivity contribution >= 4 is 17.7 Å². The minimum atomic E-state index is -2.53. The quantitative estimate of drug-likeness (QED) is 0.484. The number of nitrogens with zero attached hydrogens (tertiary/aromatic N) is 1. The standard InChI is InChI=1S/C9H15NO6/c1-5(11)7(13)10(3)4-6(12)9(2,16)8(14)15/h5,11,16H,4H2,1-3H3,(H,14,15)/t5-,9+/m1/s1. The highest BCUT2D eigenvalue weighted by Gasteiger charge is 2.39. The van der Waals surface area contributed by atoms with Crippen LogP contribution in [0, 0.1) is 0 Å². The number of aliphatic carboxylic acids is 1. The number of ketones is 1. The van der Waals surface area contributed by atoms with Crippen LogP contribution in [0.3, 0.4) is 0 Å². The molecule has 0 saturated carbocycles. The number of carbonyl (C=O) groups is 3. The molecule has 0 rings (SSSR count). The summed E-state index contributed by atoms with van der Waals surface area (Å²) in [5.74, 6) is -3.44. The normalized spacial score (nSPS) is 16.1. The molecule has 92 valence electrons. The van der Waals surface area contributed by atoms with Gasteiger partial charge in [-0.05, 0) is 13.8 Å². The van der Waals surface area contributed by atoms with Crippen molar-refractivity contribution in [2.75, 3.05) is 13.6 Å². The number of hydrogen-bond acceptors (Lipinski definition) is 5. The number of aliphatic hydroxyl groups excluding tert-OH is 1. The molecule has 0 spiro atoms. The van der Waals surface area contributed by atoms with Crippen molar-refractivity contribution in [3.8, 4) is 0 Å². The van der Waals surface area contributed by atoms with Crippen molar-refractivity contribution in [3.05, 3.63) is 0 Å². The van der Waals surface area contributed by atoms with E-state index in [1.165, 1.54) is 14.0 Å². The van der Waals surface area contributed by atoms with Gasteiger partial charge < -0.3 is 20.2 Å². The Labute approximate surface area is 92.3 Å². The van der Waals surface area contributed by atoms with Gasteiger partial charge in [0.05, 0.1) is 6.54 Å². The zero-order valence-electron chi connectivity index (χ0n) is 9.30. The van der Waals surface area contributed by atoms with Crippen LogP contribution >= 0.6 is 0 Å². The van der Waals surface area contributed by atoms with Gasteiger partial charge in [-0.25, -0.2) is 4.79 Å². The predicted molar refractivity (Wildman–Crippen MR) is 52.6 cm³/mol. The Morgan fingerprint density at radius 3 is 2.12 bits per heavy atom. The summed E-state index contributed by atoms with van der Waals surface area (Å²) in [4.78, 5) is 33.9. The summed E-state index contributed by atoms with van der Waals surface area (Å²) < 4.78 is 0. The van der Waals surface area contributed by atoms with Gasteiger partial charge in [-0.3, -0.25) is 9.59 Å². The van der Waals surface area contributed by atoms with Gasteiger partial charge in [-0.2, -0.15) is 0 Å². The minimum Gasteiger partial charge on any atom is -0.479 e. The van der Waals surface area contributed by atoms with E-state index in [4.69, 9.17) is 10.2 Å². The summed E-state index contributed by atoms with van der Waals surface area (Å²) in [6, 6.07) is 0. The number of carbonyl (C=O) groups excluding carboxylic acids is 2. The molecule has 0 aliphatic carbocycles. The van der Waals surface area contributed by atoms with E-state index < -0.39 is 35.9 Å². The molecule has 0 bridgehead atoms. The molecule has 16 heavy (non-hydrogen) atoms. The maximum atomic E-state index is 11.3. The number of amides is 1. The van der Waals surface area contributed by atoms with E-state index in [0.717, 1.165) is 11.8 Å². The highest BCUT2D eigenvalue weighted by atomic mass is 16.4. The van der Waals surface area contributed by atoms with Crippen molar-refractivity contribution in [2.45, 2.75) is 25.6 Å². The Morgan fingerprint density at radius 2 is 1.81 bits per heavy atom. The van der Waals surface area contributed by atoms with Crippen LogP contribution in [0.15, 0.2) is 0 Å². The average Bonchev–Trinajstić information content (AvgIpc) is 2.15. The summed E-state index contributed by atoms with van der Waals surface area (Å²) in [5.41, 5.74) is -2.53. The van der Waals surface area contributed by atoms with Gasteiger partial charge in [0.15, 0.2) is 5.78 Å². The Bertz CT molecular complexity index is 309. The van der Waals surface area contributed by atoms with E-state index in [0.29, 0.717) is 0 Å². The summed E-state index contributed by atoms with van der Waals surface area (Å²) in [6.45, 7) is 1.47. The zero-order valence-corrected chi connectivity index (χ0v) is 9.30. The van der Waals surface area contributed by atoms with Crippen molar-refractivity contribution in [1.82, 2.24) is 4.90 Å². The first-order chi connectivity index (χ1) is 7.10. The molecule has 0 radical (unpaired) electrons. The molecule has 0 aromatic heterocycles. The summed E-state index contributed by atoms with van der Waals surface area (Å²) in [5, 5.41) is 26.8. The summed E-state index contributed by atoms with van der Waals surface area (Å²) in [7, 11) is 1.23. The number of Topliss-reactive ketones (excluding diaryl/α,β-unsaturated/α-hetero) is 1. The first-order valence-electron chi connectivity index (χ1n) is 4.52. The Balaban J connectivity index is 4.59. The number of carboxylic acid groups (broad SMARTS) is 1. The zero-order chi connectivity index (χ0) is 13.1. The smallest absolute Gasteiger partial charge is 0.343 e. The third-order valence-electron chi connectivity index (χ3n) is 2.07. The third-order valence-corrected chi connectivity index (χ3v) is 2.07. The number of hydrogen-bond donors (Lipinski definition) is 3. The van der Waals surface area contributed by atoms with Crippen molar-refractivity contribution < 1.29 is 29.7 Å². The monoisotopic (exact) mass is 233 g/mol. The van der Waals surface area contributed by atoms with Crippen LogP contribution in [-0.2, 0) is 14.4 Å². The number of carboxylic acids is 1. The lowest BCUT2D eigenvalue weighted by Gasteiger charge is -2.22. The van der Waals surface area contributed by atoms with E-state index in [1.807, 2.05) is 0 Å². The van der Waals surface area contributed by atoms with E-state index in [1.54, 1.807) is 0 Å². The first-order valence-corrected chi connectivity index (χ1v) is 4.52. The molecular formula is C9H15NO6. The summed E-state index contributed by atoms with van der Waals surface area (Å²) >= 11 is 0. The first kappa shape index (κ1) is 14.5. The lowest BCUT2D eigenvalue weighted by Crippen LogP contribution is -2.50. The minimum absolute atomic E-state index is 0.580. The number of rotatable bonds is 5. The van der Waals surface area contributed by atoms with Gasteiger partial charge in [-0.15, -0.1) is 0 Å². The van der Waals surface area contributed by atoms with Crippen LogP contribution in [0.25, 0.3) is 0 Å². The van der Waals surface area contributed by atoms with E-state index in [9.17, 15) is 19.5 Å². The van der Waals surface area contributed by atoms with Crippen LogP contribution in [0.1, 0.15) is 13.8 Å². The molecule has 7 nitrogen and oxygen atoms in total. The molecule has 0 aromatic carbocycles. The molecule has 0 unspecified atom stereocenters. The van der Waals surface area contributed by atoms with Gasteiger partial charge in [0.1, 0.15) is 6.10 Å². The van der Waals surface area contributed by atoms with Crippen molar-refractivity contribution in [3.63, 3.8) is 0 Å². The van der Waals surface area contributed by atoms with Crippen molar-refractivity contribution in [1.29, 1.82) is 0 Å². The molecule has 2 atom stereocenters. The molecule has 0 fully saturated rings. The fourth-order valence-corrected chi connectivity index (χ4v) is 0.885. The lowest BCUT2D eigenvalue weighted by molar-refractivity contribution is -0.164. The van der Waals surface area contributed by atoms with Crippen LogP contribution in [0.5, 0.6) is 0 Å². The van der Waals surface area contributed by atoms with E-state index in [-0.39, 0.29) is 0 Å². The highest BCUT2D eigenvalue weighted by Crippen LogP contribution is 2.06. The SMILES string of the molecule is C[C@@H](O)C(=O)N(C)CC(=O)[C@](C)(O)C(=O)O. The Kier molecular flexibility index (Phi) is 4.58. The van der Waals surface area contributed by atoms with E-state index in [2.05, 4.69) is 0 Å². The topological polar surface area (TPSA) is 115 Å². The largest absolute Gasteiger partial charge is 0.479 e. The third kappa shape index (κ3) is 3.28. The second kappa shape index (κ2) is 5.04. The molecule has 3 N–H and O–H groups in total. The molecule has 7 heteroatoms. The van der Waals surface area contributed by atoms with E-state index >= 15 is 0 Å². The molecule has 0 aliphatic rings. The average molecular weight is 233 g/mol. The highest BCUT2D eigenvalue weighted by molar-refractivity contribution is 6.07. The van der Waals surface area contributed by atoms with Gasteiger partial charge in [0.2, 0.25) is 5.60 Å². The van der Waals surface area contributed by atoms with Gasteiger partial charge in [0.25, 0.3) is 5.91 Å². The summed E-state index contributed by atoms with van der Waals surface area (Å²) in [6.07, 6.45) is -1.28. The lowest BCUT2D eigenvalue weighted by atomic mass is 10.0. The predicted octanol–water partition coefficient (Wildman–Crippen LogP) is -1.77. The maximum absolute atomic E-state index is 11.3. The number of likely N-dealkylation sites (N-methyl/N-ethyl adjacent to an activating group) is 1. The Hall–Kier alpha value is -1.47. The molecule has 0 saturated heterocycles. The Morgan fingerprint density at radius 1 is 1.38 bits per heavy atom. The molecule has 0 heterocycles. The second-order valence-electron chi connectivity index (χ2n) is 3.67. The molecule has 0 aliphatic heterocycles. The van der Waals surface area contributed by atoms with Gasteiger partial charge >= 0.3 is 5.97 Å². The van der Waals surface area contributed by atoms with Crippen LogP contribution in [0.4, 0.5) is 0 Å². The van der Waals surface area contributed by atoms with Crippen LogP contribution < -0.4 is 0 Å². The number of aliphatic hydroxyl groups is 2.